The molecule has 0 heterocycles. The Bertz CT molecular complexity index is 374. The summed E-state index contributed by atoms with van der Waals surface area (Å²) in [6, 6.07) is -0.0904. The largest absolute Gasteiger partial charge is 0.444 e. The van der Waals surface area contributed by atoms with Crippen LogP contribution in [0.25, 0.3) is 0 Å². The lowest BCUT2D eigenvalue weighted by atomic mass is 9.61. The average molecular weight is 314 g/mol. The van der Waals surface area contributed by atoms with E-state index >= 15 is 0 Å². The number of nitrogens with two attached hydrogens (primary N) is 1. The van der Waals surface area contributed by atoms with Crippen molar-refractivity contribution in [1.82, 2.24) is 5.32 Å². The zero-order valence-electron chi connectivity index (χ0n) is 15.0. The first-order valence-corrected chi connectivity index (χ1v) is 8.27. The molecule has 1 amide bonds. The lowest BCUT2D eigenvalue weighted by Gasteiger charge is -2.49. The van der Waals surface area contributed by atoms with Gasteiger partial charge in [0.15, 0.2) is 0 Å². The van der Waals surface area contributed by atoms with Crippen LogP contribution in [-0.4, -0.2) is 35.5 Å². The maximum Gasteiger partial charge on any atom is 0.407 e. The van der Waals surface area contributed by atoms with E-state index in [0.29, 0.717) is 6.54 Å². The zero-order chi connectivity index (χ0) is 17.2. The van der Waals surface area contributed by atoms with E-state index < -0.39 is 11.7 Å². The van der Waals surface area contributed by atoms with Crippen molar-refractivity contribution in [1.29, 1.82) is 0 Å². The molecule has 0 aromatic rings. The summed E-state index contributed by atoms with van der Waals surface area (Å²) in [4.78, 5) is 12.3. The van der Waals surface area contributed by atoms with Crippen molar-refractivity contribution in [2.45, 2.75) is 85.0 Å². The van der Waals surface area contributed by atoms with Crippen molar-refractivity contribution >= 4 is 6.09 Å². The Kier molecular flexibility index (Phi) is 5.90. The highest BCUT2D eigenvalue weighted by molar-refractivity contribution is 5.68. The van der Waals surface area contributed by atoms with Gasteiger partial charge in [0.2, 0.25) is 0 Å². The van der Waals surface area contributed by atoms with Gasteiger partial charge in [-0.2, -0.15) is 0 Å². The number of rotatable bonds is 3. The first-order valence-electron chi connectivity index (χ1n) is 8.27. The fourth-order valence-electron chi connectivity index (χ4n) is 3.50. The predicted octanol–water partition coefficient (Wildman–Crippen LogP) is 2.81. The molecule has 1 fully saturated rings. The lowest BCUT2D eigenvalue weighted by Crippen LogP contribution is -2.59. The van der Waals surface area contributed by atoms with Gasteiger partial charge in [-0.05, 0) is 58.4 Å². The summed E-state index contributed by atoms with van der Waals surface area (Å²) < 4.78 is 5.42. The van der Waals surface area contributed by atoms with Gasteiger partial charge in [-0.3, -0.25) is 0 Å². The fraction of sp³-hybridized carbons (Fsp3) is 0.941. The Labute approximate surface area is 135 Å². The minimum Gasteiger partial charge on any atom is -0.444 e. The van der Waals surface area contributed by atoms with E-state index in [2.05, 4.69) is 26.1 Å². The third kappa shape index (κ3) is 5.13. The van der Waals surface area contributed by atoms with Crippen molar-refractivity contribution in [2.75, 3.05) is 6.54 Å². The van der Waals surface area contributed by atoms with Crippen molar-refractivity contribution in [3.05, 3.63) is 0 Å². The molecule has 0 bridgehead atoms. The van der Waals surface area contributed by atoms with Gasteiger partial charge in [-0.15, -0.1) is 0 Å². The van der Waals surface area contributed by atoms with Crippen molar-refractivity contribution < 1.29 is 14.6 Å². The molecule has 0 saturated heterocycles. The van der Waals surface area contributed by atoms with Crippen LogP contribution >= 0.6 is 0 Å². The highest BCUT2D eigenvalue weighted by Gasteiger charge is 2.46. The number of hydrogen-bond donors (Lipinski definition) is 3. The minimum absolute atomic E-state index is 0.0904. The second-order valence-corrected chi connectivity index (χ2v) is 8.74. The van der Waals surface area contributed by atoms with E-state index in [1.807, 2.05) is 20.8 Å². The summed E-state index contributed by atoms with van der Waals surface area (Å²) in [6.07, 6.45) is 2.47. The molecule has 0 aliphatic heterocycles. The zero-order valence-corrected chi connectivity index (χ0v) is 15.0. The van der Waals surface area contributed by atoms with Crippen LogP contribution in [0.5, 0.6) is 0 Å². The number of aliphatic hydroxyl groups is 1. The number of ether oxygens (including phenoxy) is 1. The first-order chi connectivity index (χ1) is 9.89. The molecule has 1 aliphatic rings. The topological polar surface area (TPSA) is 84.6 Å². The van der Waals surface area contributed by atoms with Crippen molar-refractivity contribution in [3.8, 4) is 0 Å². The standard InChI is InChI=1S/C17H34N2O3/c1-15(2,3)13(19-14(21)22-16(4,5)6)17(11-18)9-7-12(20)8-10-17/h12-13,20H,7-11,18H2,1-6H3,(H,19,21). The summed E-state index contributed by atoms with van der Waals surface area (Å²) in [7, 11) is 0. The van der Waals surface area contributed by atoms with Gasteiger partial charge in [0, 0.05) is 11.5 Å². The first kappa shape index (κ1) is 19.2. The Morgan fingerprint density at radius 2 is 1.77 bits per heavy atom. The molecule has 0 aromatic carbocycles. The summed E-state index contributed by atoms with van der Waals surface area (Å²) in [5, 5.41) is 12.9. The molecule has 0 radical (unpaired) electrons. The summed E-state index contributed by atoms with van der Waals surface area (Å²) in [5.74, 6) is 0. The van der Waals surface area contributed by atoms with Crippen molar-refractivity contribution in [3.63, 3.8) is 0 Å². The molecule has 1 rings (SSSR count). The molecule has 1 saturated carbocycles. The molecule has 1 aliphatic carbocycles. The van der Waals surface area contributed by atoms with Gasteiger partial charge < -0.3 is 20.9 Å². The lowest BCUT2D eigenvalue weighted by molar-refractivity contribution is -0.000379. The SMILES string of the molecule is CC(C)(C)OC(=O)NC(C(C)(C)C)C1(CN)CCC(O)CC1. The van der Waals surface area contributed by atoms with Gasteiger partial charge in [0.25, 0.3) is 0 Å². The van der Waals surface area contributed by atoms with Gasteiger partial charge in [-0.25, -0.2) is 4.79 Å². The van der Waals surface area contributed by atoms with E-state index in [4.69, 9.17) is 10.5 Å². The van der Waals surface area contributed by atoms with E-state index in [-0.39, 0.29) is 23.0 Å². The summed E-state index contributed by atoms with van der Waals surface area (Å²) in [6.45, 7) is 12.4. The number of carbonyl (C=O) groups is 1. The number of hydrogen-bond acceptors (Lipinski definition) is 4. The van der Waals surface area contributed by atoms with Crippen LogP contribution in [0, 0.1) is 10.8 Å². The second kappa shape index (κ2) is 6.75. The Morgan fingerprint density at radius 3 is 2.14 bits per heavy atom. The quantitative estimate of drug-likeness (QED) is 0.748. The molecule has 1 atom stereocenters. The third-order valence-corrected chi connectivity index (χ3v) is 4.50. The number of nitrogens with one attached hydrogen (secondary N) is 1. The van der Waals surface area contributed by atoms with E-state index in [0.717, 1.165) is 25.7 Å². The summed E-state index contributed by atoms with van der Waals surface area (Å²) >= 11 is 0. The van der Waals surface area contributed by atoms with Crippen LogP contribution in [0.2, 0.25) is 0 Å². The van der Waals surface area contributed by atoms with Gasteiger partial charge in [-0.1, -0.05) is 20.8 Å². The predicted molar refractivity (Wildman–Crippen MR) is 88.6 cm³/mol. The number of amides is 1. The third-order valence-electron chi connectivity index (χ3n) is 4.50. The average Bonchev–Trinajstić information content (AvgIpc) is 2.34. The number of carbonyl (C=O) groups excluding carboxylic acids is 1. The molecule has 22 heavy (non-hydrogen) atoms. The van der Waals surface area contributed by atoms with Crippen LogP contribution in [0.15, 0.2) is 0 Å². The normalized spacial score (nSPS) is 28.1. The molecule has 5 heteroatoms. The van der Waals surface area contributed by atoms with Crippen LogP contribution in [-0.2, 0) is 4.74 Å². The maximum atomic E-state index is 12.3. The summed E-state index contributed by atoms with van der Waals surface area (Å²) in [5.41, 5.74) is 5.26. The van der Waals surface area contributed by atoms with E-state index in [1.54, 1.807) is 0 Å². The van der Waals surface area contributed by atoms with Gasteiger partial charge in [0.05, 0.1) is 6.10 Å². The molecule has 5 nitrogen and oxygen atoms in total. The minimum atomic E-state index is -0.523. The molecule has 0 spiro atoms. The second-order valence-electron chi connectivity index (χ2n) is 8.74. The Morgan fingerprint density at radius 1 is 1.27 bits per heavy atom. The number of aliphatic hydroxyl groups excluding tert-OH is 1. The molecule has 4 N–H and O–H groups in total. The smallest absolute Gasteiger partial charge is 0.407 e. The van der Waals surface area contributed by atoms with Crippen LogP contribution in [0.1, 0.15) is 67.2 Å². The number of alkyl carbamates (subject to hydrolysis) is 1. The van der Waals surface area contributed by atoms with Crippen molar-refractivity contribution in [2.24, 2.45) is 16.6 Å². The van der Waals surface area contributed by atoms with Crippen LogP contribution < -0.4 is 11.1 Å². The van der Waals surface area contributed by atoms with Gasteiger partial charge in [0.1, 0.15) is 5.60 Å². The highest BCUT2D eigenvalue weighted by Crippen LogP contribution is 2.44. The molecule has 130 valence electrons. The molecule has 0 aromatic heterocycles. The van der Waals surface area contributed by atoms with Crippen LogP contribution in [0.4, 0.5) is 4.79 Å². The monoisotopic (exact) mass is 314 g/mol. The Hall–Kier alpha value is -0.810. The maximum absolute atomic E-state index is 12.3. The molecular formula is C17H34N2O3. The fourth-order valence-corrected chi connectivity index (χ4v) is 3.50. The Balaban J connectivity index is 2.95. The van der Waals surface area contributed by atoms with Crippen LogP contribution in [0.3, 0.4) is 0 Å². The van der Waals surface area contributed by atoms with E-state index in [1.165, 1.54) is 0 Å². The van der Waals surface area contributed by atoms with Gasteiger partial charge >= 0.3 is 6.09 Å². The molecular weight excluding hydrogens is 280 g/mol. The highest BCUT2D eigenvalue weighted by atomic mass is 16.6. The van der Waals surface area contributed by atoms with E-state index in [9.17, 15) is 9.90 Å². The molecule has 1 unspecified atom stereocenters.